The van der Waals surface area contributed by atoms with E-state index in [0.29, 0.717) is 6.04 Å². The Bertz CT molecular complexity index is 342. The van der Waals surface area contributed by atoms with Crippen molar-refractivity contribution in [3.05, 3.63) is 0 Å². The van der Waals surface area contributed by atoms with Crippen LogP contribution in [0.15, 0.2) is 0 Å². The molecule has 0 saturated heterocycles. The summed E-state index contributed by atoms with van der Waals surface area (Å²) in [6.45, 7) is 21.7. The molecule has 5 nitrogen and oxygen atoms in total. The molecule has 0 aromatic rings. The van der Waals surface area contributed by atoms with Gasteiger partial charge in [0.05, 0.1) is 0 Å². The van der Waals surface area contributed by atoms with Gasteiger partial charge in [0, 0.05) is 19.3 Å². The molecule has 0 saturated carbocycles. The molecule has 0 rings (SSSR count). The average molecular weight is 418 g/mol. The second kappa shape index (κ2) is 17.8. The Kier molecular flexibility index (Phi) is 17.9. The van der Waals surface area contributed by atoms with Crippen molar-refractivity contribution in [2.45, 2.75) is 85.4 Å². The Hall–Kier alpha value is 0.0169. The molecule has 0 aliphatic heterocycles. The van der Waals surface area contributed by atoms with Crippen LogP contribution in [0.25, 0.3) is 0 Å². The SMILES string of the molecule is CCCN(C)CCCN(CCCNC(C)CC)CCC[Si](C)(OCC)OCC. The van der Waals surface area contributed by atoms with E-state index in [1.54, 1.807) is 0 Å². The highest BCUT2D eigenvalue weighted by Crippen LogP contribution is 2.16. The van der Waals surface area contributed by atoms with Gasteiger partial charge >= 0.3 is 8.56 Å². The lowest BCUT2D eigenvalue weighted by Crippen LogP contribution is -2.40. The van der Waals surface area contributed by atoms with Crippen molar-refractivity contribution in [2.24, 2.45) is 0 Å². The van der Waals surface area contributed by atoms with Crippen LogP contribution in [0, 0.1) is 0 Å². The van der Waals surface area contributed by atoms with E-state index in [4.69, 9.17) is 8.85 Å². The van der Waals surface area contributed by atoms with Gasteiger partial charge in [-0.3, -0.25) is 0 Å². The van der Waals surface area contributed by atoms with Crippen LogP contribution in [0.1, 0.15) is 66.7 Å². The van der Waals surface area contributed by atoms with Crippen LogP contribution >= 0.6 is 0 Å². The molecule has 1 N–H and O–H groups in total. The van der Waals surface area contributed by atoms with Gasteiger partial charge in [-0.05, 0) is 112 Å². The number of hydrogen-bond donors (Lipinski definition) is 1. The molecule has 6 heteroatoms. The maximum atomic E-state index is 6.01. The molecule has 1 unspecified atom stereocenters. The first-order valence-corrected chi connectivity index (χ1v) is 14.3. The fourth-order valence-corrected chi connectivity index (χ4v) is 6.00. The molecule has 170 valence electrons. The van der Waals surface area contributed by atoms with Crippen molar-refractivity contribution in [1.29, 1.82) is 0 Å². The molecule has 0 radical (unpaired) electrons. The summed E-state index contributed by atoms with van der Waals surface area (Å²) >= 11 is 0. The zero-order valence-electron chi connectivity index (χ0n) is 20.2. The average Bonchev–Trinajstić information content (AvgIpc) is 2.65. The van der Waals surface area contributed by atoms with E-state index in [1.807, 2.05) is 0 Å². The minimum atomic E-state index is -1.98. The summed E-state index contributed by atoms with van der Waals surface area (Å²) in [5.74, 6) is 0. The van der Waals surface area contributed by atoms with E-state index >= 15 is 0 Å². The van der Waals surface area contributed by atoms with E-state index in [1.165, 1.54) is 58.3 Å². The molecule has 0 fully saturated rings. The molecule has 0 aromatic heterocycles. The molecule has 28 heavy (non-hydrogen) atoms. The third-order valence-electron chi connectivity index (χ3n) is 5.38. The summed E-state index contributed by atoms with van der Waals surface area (Å²) in [5, 5.41) is 3.62. The highest BCUT2D eigenvalue weighted by Gasteiger charge is 2.30. The van der Waals surface area contributed by atoms with Crippen molar-refractivity contribution in [1.82, 2.24) is 15.1 Å². The van der Waals surface area contributed by atoms with Gasteiger partial charge in [0.1, 0.15) is 0 Å². The fourth-order valence-electron chi connectivity index (χ4n) is 3.61. The molecule has 0 aromatic carbocycles. The second-order valence-corrected chi connectivity index (χ2v) is 11.6. The van der Waals surface area contributed by atoms with Gasteiger partial charge in [0.15, 0.2) is 0 Å². The lowest BCUT2D eigenvalue weighted by molar-refractivity contribution is 0.184. The van der Waals surface area contributed by atoms with Gasteiger partial charge < -0.3 is 24.0 Å². The van der Waals surface area contributed by atoms with Crippen LogP contribution in [0.3, 0.4) is 0 Å². The van der Waals surface area contributed by atoms with Crippen molar-refractivity contribution in [3.63, 3.8) is 0 Å². The summed E-state index contributed by atoms with van der Waals surface area (Å²) in [6, 6.07) is 1.71. The van der Waals surface area contributed by atoms with Gasteiger partial charge in [0.25, 0.3) is 0 Å². The first-order valence-electron chi connectivity index (χ1n) is 11.8. The van der Waals surface area contributed by atoms with Gasteiger partial charge in [0.2, 0.25) is 0 Å². The van der Waals surface area contributed by atoms with E-state index in [9.17, 15) is 0 Å². The van der Waals surface area contributed by atoms with Crippen molar-refractivity contribution < 1.29 is 8.85 Å². The molecular weight excluding hydrogens is 366 g/mol. The zero-order valence-corrected chi connectivity index (χ0v) is 21.2. The Morgan fingerprint density at radius 2 is 1.46 bits per heavy atom. The van der Waals surface area contributed by atoms with Crippen LogP contribution in [0.5, 0.6) is 0 Å². The first kappa shape index (κ1) is 28.0. The van der Waals surface area contributed by atoms with Gasteiger partial charge in [-0.15, -0.1) is 0 Å². The molecule has 0 spiro atoms. The standard InChI is InChI=1S/C22H51N3O2Si/c1-8-16-24(6)17-13-19-25(18-12-15-23-22(5)9-2)20-14-21-28(7,26-10-3)27-11-4/h22-23H,8-21H2,1-7H3. The fraction of sp³-hybridized carbons (Fsp3) is 1.00. The topological polar surface area (TPSA) is 37.0 Å². The molecule has 0 aliphatic rings. The van der Waals surface area contributed by atoms with E-state index in [-0.39, 0.29) is 0 Å². The number of nitrogens with zero attached hydrogens (tertiary/aromatic N) is 2. The first-order chi connectivity index (χ1) is 13.4. The molecule has 0 heterocycles. The summed E-state index contributed by atoms with van der Waals surface area (Å²) in [6.07, 6.45) is 6.08. The Morgan fingerprint density at radius 3 is 2.04 bits per heavy atom. The molecule has 1 atom stereocenters. The summed E-state index contributed by atoms with van der Waals surface area (Å²) in [7, 11) is 0.260. The normalized spacial score (nSPS) is 13.6. The maximum absolute atomic E-state index is 6.01. The van der Waals surface area contributed by atoms with E-state index in [2.05, 4.69) is 63.3 Å². The third kappa shape index (κ3) is 14.9. The van der Waals surface area contributed by atoms with Gasteiger partial charge in [-0.1, -0.05) is 13.8 Å². The Labute approximate surface area is 177 Å². The van der Waals surface area contributed by atoms with Crippen LogP contribution in [-0.4, -0.2) is 83.9 Å². The van der Waals surface area contributed by atoms with E-state index in [0.717, 1.165) is 32.3 Å². The third-order valence-corrected chi connectivity index (χ3v) is 8.44. The molecule has 0 amide bonds. The minimum absolute atomic E-state index is 0.625. The number of hydrogen-bond acceptors (Lipinski definition) is 5. The monoisotopic (exact) mass is 417 g/mol. The maximum Gasteiger partial charge on any atom is 0.334 e. The summed E-state index contributed by atoms with van der Waals surface area (Å²) in [4.78, 5) is 5.11. The second-order valence-electron chi connectivity index (χ2n) is 8.22. The largest absolute Gasteiger partial charge is 0.395 e. The van der Waals surface area contributed by atoms with Crippen molar-refractivity contribution in [2.75, 3.05) is 59.5 Å². The smallest absolute Gasteiger partial charge is 0.334 e. The molecule has 0 aliphatic carbocycles. The van der Waals surface area contributed by atoms with Gasteiger partial charge in [-0.25, -0.2) is 0 Å². The van der Waals surface area contributed by atoms with Crippen LogP contribution in [0.4, 0.5) is 0 Å². The van der Waals surface area contributed by atoms with Gasteiger partial charge in [-0.2, -0.15) is 0 Å². The summed E-state index contributed by atoms with van der Waals surface area (Å²) < 4.78 is 12.0. The Morgan fingerprint density at radius 1 is 0.857 bits per heavy atom. The highest BCUT2D eigenvalue weighted by atomic mass is 28.4. The summed E-state index contributed by atoms with van der Waals surface area (Å²) in [5.41, 5.74) is 0. The zero-order chi connectivity index (χ0) is 21.3. The van der Waals surface area contributed by atoms with Crippen LogP contribution < -0.4 is 5.32 Å². The Balaban J connectivity index is 4.39. The van der Waals surface area contributed by atoms with Crippen LogP contribution in [0.2, 0.25) is 12.6 Å². The molecular formula is C22H51N3O2Si. The quantitative estimate of drug-likeness (QED) is 0.236. The lowest BCUT2D eigenvalue weighted by atomic mass is 10.2. The van der Waals surface area contributed by atoms with Crippen LogP contribution in [-0.2, 0) is 8.85 Å². The predicted octanol–water partition coefficient (Wildman–Crippen LogP) is 4.33. The number of nitrogens with one attached hydrogen (secondary N) is 1. The highest BCUT2D eigenvalue weighted by molar-refractivity contribution is 6.66. The molecule has 0 bridgehead atoms. The minimum Gasteiger partial charge on any atom is -0.395 e. The van der Waals surface area contributed by atoms with Crippen molar-refractivity contribution in [3.8, 4) is 0 Å². The van der Waals surface area contributed by atoms with E-state index < -0.39 is 8.56 Å². The lowest BCUT2D eigenvalue weighted by Gasteiger charge is -2.28. The number of rotatable bonds is 20. The predicted molar refractivity (Wildman–Crippen MR) is 126 cm³/mol. The van der Waals surface area contributed by atoms with Crippen molar-refractivity contribution >= 4 is 8.56 Å².